The molecule has 6 nitrogen and oxygen atoms in total. The molecule has 6 heteroatoms. The summed E-state index contributed by atoms with van der Waals surface area (Å²) in [7, 11) is 1.34. The van der Waals surface area contributed by atoms with E-state index in [-0.39, 0.29) is 5.91 Å². The molecule has 0 radical (unpaired) electrons. The summed E-state index contributed by atoms with van der Waals surface area (Å²) in [5.74, 6) is 0.466. The van der Waals surface area contributed by atoms with Crippen molar-refractivity contribution in [3.8, 4) is 5.75 Å². The second-order valence-electron chi connectivity index (χ2n) is 6.36. The quantitative estimate of drug-likeness (QED) is 0.733. The van der Waals surface area contributed by atoms with Crippen molar-refractivity contribution in [1.82, 2.24) is 9.80 Å². The predicted molar refractivity (Wildman–Crippen MR) is 102 cm³/mol. The van der Waals surface area contributed by atoms with Gasteiger partial charge in [0, 0.05) is 38.3 Å². The molecule has 1 heterocycles. The lowest BCUT2D eigenvalue weighted by atomic mass is 10.1. The van der Waals surface area contributed by atoms with E-state index in [4.69, 9.17) is 4.74 Å². The number of para-hydroxylation sites is 1. The average molecular weight is 368 g/mol. The second kappa shape index (κ2) is 9.19. The minimum absolute atomic E-state index is 0.00778. The Hall–Kier alpha value is -2.86. The van der Waals surface area contributed by atoms with Crippen molar-refractivity contribution < 1.29 is 19.1 Å². The van der Waals surface area contributed by atoms with Crippen molar-refractivity contribution in [3.05, 3.63) is 65.7 Å². The standard InChI is InChI=1S/C21H24N2O4/c1-26-21(25)18-9-7-17(8-10-18)20(24)23-13-11-22(12-14-23)15-16-27-19-5-3-2-4-6-19/h2-10H,11-16H2,1H3. The third-order valence-electron chi connectivity index (χ3n) is 4.63. The van der Waals surface area contributed by atoms with Gasteiger partial charge < -0.3 is 14.4 Å². The summed E-state index contributed by atoms with van der Waals surface area (Å²) in [4.78, 5) is 28.2. The number of benzene rings is 2. The first-order valence-corrected chi connectivity index (χ1v) is 9.05. The second-order valence-corrected chi connectivity index (χ2v) is 6.36. The van der Waals surface area contributed by atoms with Crippen molar-refractivity contribution in [2.24, 2.45) is 0 Å². The number of piperazine rings is 1. The van der Waals surface area contributed by atoms with Gasteiger partial charge >= 0.3 is 5.97 Å². The zero-order valence-corrected chi connectivity index (χ0v) is 15.5. The van der Waals surface area contributed by atoms with Crippen LogP contribution in [0.1, 0.15) is 20.7 Å². The van der Waals surface area contributed by atoms with Crippen LogP contribution in [-0.4, -0.2) is 68.1 Å². The third-order valence-corrected chi connectivity index (χ3v) is 4.63. The van der Waals surface area contributed by atoms with Gasteiger partial charge in [0.2, 0.25) is 0 Å². The fraction of sp³-hybridized carbons (Fsp3) is 0.333. The molecule has 1 aliphatic heterocycles. The Labute approximate surface area is 159 Å². The fourth-order valence-electron chi connectivity index (χ4n) is 3.03. The SMILES string of the molecule is COC(=O)c1ccc(C(=O)N2CCN(CCOc3ccccc3)CC2)cc1. The smallest absolute Gasteiger partial charge is 0.337 e. The highest BCUT2D eigenvalue weighted by Gasteiger charge is 2.22. The molecule has 1 saturated heterocycles. The highest BCUT2D eigenvalue weighted by Crippen LogP contribution is 2.12. The van der Waals surface area contributed by atoms with Crippen molar-refractivity contribution in [2.45, 2.75) is 0 Å². The maximum absolute atomic E-state index is 12.6. The lowest BCUT2D eigenvalue weighted by Crippen LogP contribution is -2.49. The highest BCUT2D eigenvalue weighted by molar-refractivity contribution is 5.96. The van der Waals surface area contributed by atoms with Crippen LogP contribution < -0.4 is 4.74 Å². The van der Waals surface area contributed by atoms with Crippen LogP contribution in [0.25, 0.3) is 0 Å². The molecule has 2 aromatic rings. The molecular formula is C21H24N2O4. The van der Waals surface area contributed by atoms with Gasteiger partial charge in [-0.1, -0.05) is 18.2 Å². The van der Waals surface area contributed by atoms with Gasteiger partial charge in [-0.25, -0.2) is 4.79 Å². The molecule has 0 atom stereocenters. The van der Waals surface area contributed by atoms with Gasteiger partial charge in [-0.3, -0.25) is 9.69 Å². The number of carbonyl (C=O) groups excluding carboxylic acids is 2. The summed E-state index contributed by atoms with van der Waals surface area (Å²) < 4.78 is 10.4. The normalized spacial score (nSPS) is 14.6. The van der Waals surface area contributed by atoms with Crippen LogP contribution in [0, 0.1) is 0 Å². The lowest BCUT2D eigenvalue weighted by Gasteiger charge is -2.34. The van der Waals surface area contributed by atoms with Gasteiger partial charge in [-0.2, -0.15) is 0 Å². The number of esters is 1. The Morgan fingerprint density at radius 1 is 0.889 bits per heavy atom. The number of amides is 1. The lowest BCUT2D eigenvalue weighted by molar-refractivity contribution is 0.0594. The molecule has 0 bridgehead atoms. The van der Waals surface area contributed by atoms with E-state index in [0.29, 0.717) is 30.8 Å². The summed E-state index contributed by atoms with van der Waals surface area (Å²) in [6, 6.07) is 16.4. The molecule has 0 aliphatic carbocycles. The van der Waals surface area contributed by atoms with Gasteiger partial charge in [0.05, 0.1) is 12.7 Å². The molecule has 0 spiro atoms. The van der Waals surface area contributed by atoms with Gasteiger partial charge in [-0.05, 0) is 36.4 Å². The number of hydrogen-bond donors (Lipinski definition) is 0. The zero-order valence-electron chi connectivity index (χ0n) is 15.5. The molecule has 2 aromatic carbocycles. The van der Waals surface area contributed by atoms with Crippen LogP contribution in [0.15, 0.2) is 54.6 Å². The number of hydrogen-bond acceptors (Lipinski definition) is 5. The Morgan fingerprint density at radius 3 is 2.15 bits per heavy atom. The van der Waals surface area contributed by atoms with Crippen LogP contribution in [0.4, 0.5) is 0 Å². The highest BCUT2D eigenvalue weighted by atomic mass is 16.5. The van der Waals surface area contributed by atoms with E-state index in [9.17, 15) is 9.59 Å². The van der Waals surface area contributed by atoms with E-state index in [2.05, 4.69) is 9.64 Å². The van der Waals surface area contributed by atoms with Crippen LogP contribution in [0.3, 0.4) is 0 Å². The monoisotopic (exact) mass is 368 g/mol. The first kappa shape index (κ1) is 18.9. The van der Waals surface area contributed by atoms with Crippen molar-refractivity contribution in [3.63, 3.8) is 0 Å². The fourth-order valence-corrected chi connectivity index (χ4v) is 3.03. The topological polar surface area (TPSA) is 59.1 Å². The van der Waals surface area contributed by atoms with Crippen molar-refractivity contribution in [2.75, 3.05) is 46.4 Å². The summed E-state index contributed by atoms with van der Waals surface area (Å²) in [6.07, 6.45) is 0. The first-order valence-electron chi connectivity index (χ1n) is 9.05. The van der Waals surface area contributed by atoms with Gasteiger partial charge in [-0.15, -0.1) is 0 Å². The predicted octanol–water partition coefficient (Wildman–Crippen LogP) is 2.31. The van der Waals surface area contributed by atoms with Crippen molar-refractivity contribution in [1.29, 1.82) is 0 Å². The van der Waals surface area contributed by atoms with Gasteiger partial charge in [0.1, 0.15) is 12.4 Å². The zero-order chi connectivity index (χ0) is 19.1. The number of rotatable bonds is 6. The molecule has 27 heavy (non-hydrogen) atoms. The van der Waals surface area contributed by atoms with E-state index < -0.39 is 5.97 Å². The van der Waals surface area contributed by atoms with Crippen molar-refractivity contribution >= 4 is 11.9 Å². The Kier molecular flexibility index (Phi) is 6.44. The van der Waals surface area contributed by atoms with E-state index in [1.807, 2.05) is 35.2 Å². The molecule has 142 valence electrons. The van der Waals surface area contributed by atoms with Crippen LogP contribution in [0.5, 0.6) is 5.75 Å². The molecule has 1 fully saturated rings. The molecule has 1 amide bonds. The average Bonchev–Trinajstić information content (AvgIpc) is 2.74. The maximum atomic E-state index is 12.6. The van der Waals surface area contributed by atoms with Crippen LogP contribution in [0.2, 0.25) is 0 Å². The Balaban J connectivity index is 1.44. The molecule has 0 aromatic heterocycles. The summed E-state index contributed by atoms with van der Waals surface area (Å²) in [6.45, 7) is 4.48. The molecular weight excluding hydrogens is 344 g/mol. The third kappa shape index (κ3) is 5.08. The largest absolute Gasteiger partial charge is 0.492 e. The first-order chi connectivity index (χ1) is 13.2. The van der Waals surface area contributed by atoms with E-state index >= 15 is 0 Å². The van der Waals surface area contributed by atoms with E-state index in [0.717, 1.165) is 25.4 Å². The number of nitrogens with zero attached hydrogens (tertiary/aromatic N) is 2. The summed E-state index contributed by atoms with van der Waals surface area (Å²) in [5.41, 5.74) is 1.03. The number of methoxy groups -OCH3 is 1. The molecule has 3 rings (SSSR count). The Bertz CT molecular complexity index is 754. The van der Waals surface area contributed by atoms with E-state index in [1.54, 1.807) is 24.3 Å². The molecule has 0 N–H and O–H groups in total. The minimum atomic E-state index is -0.402. The van der Waals surface area contributed by atoms with E-state index in [1.165, 1.54) is 7.11 Å². The Morgan fingerprint density at radius 2 is 1.52 bits per heavy atom. The minimum Gasteiger partial charge on any atom is -0.492 e. The molecule has 0 saturated carbocycles. The number of carbonyl (C=O) groups is 2. The summed E-state index contributed by atoms with van der Waals surface area (Å²) in [5, 5.41) is 0. The maximum Gasteiger partial charge on any atom is 0.337 e. The molecule has 0 unspecified atom stereocenters. The number of ether oxygens (including phenoxy) is 2. The summed E-state index contributed by atoms with van der Waals surface area (Å²) >= 11 is 0. The van der Waals surface area contributed by atoms with Gasteiger partial charge in [0.25, 0.3) is 5.91 Å². The van der Waals surface area contributed by atoms with Gasteiger partial charge in [0.15, 0.2) is 0 Å². The van der Waals surface area contributed by atoms with Crippen LogP contribution in [-0.2, 0) is 4.74 Å². The molecule has 1 aliphatic rings. The van der Waals surface area contributed by atoms with Crippen LogP contribution >= 0.6 is 0 Å².